The second kappa shape index (κ2) is 5.86. The number of halogens is 2. The van der Waals surface area contributed by atoms with E-state index in [1.807, 2.05) is 19.9 Å². The third kappa shape index (κ3) is 2.60. The van der Waals surface area contributed by atoms with Gasteiger partial charge in [0, 0.05) is 21.3 Å². The lowest BCUT2D eigenvalue weighted by molar-refractivity contribution is 0.630. The molecular formula is C18H13Cl2N3O2. The molecule has 0 unspecified atom stereocenters. The van der Waals surface area contributed by atoms with Crippen LogP contribution >= 0.6 is 23.2 Å². The summed E-state index contributed by atoms with van der Waals surface area (Å²) in [5, 5.41) is 1.73. The van der Waals surface area contributed by atoms with Crippen LogP contribution in [-0.2, 0) is 6.54 Å². The summed E-state index contributed by atoms with van der Waals surface area (Å²) < 4.78 is 7.11. The third-order valence-electron chi connectivity index (χ3n) is 4.27. The highest BCUT2D eigenvalue weighted by Gasteiger charge is 2.16. The Labute approximate surface area is 152 Å². The van der Waals surface area contributed by atoms with Crippen molar-refractivity contribution in [1.82, 2.24) is 14.5 Å². The molecule has 0 saturated heterocycles. The Bertz CT molecular complexity index is 1170. The molecule has 0 saturated carbocycles. The molecule has 25 heavy (non-hydrogen) atoms. The number of hydrogen-bond donors (Lipinski definition) is 0. The summed E-state index contributed by atoms with van der Waals surface area (Å²) in [5.74, 6) is 0. The van der Waals surface area contributed by atoms with E-state index in [1.54, 1.807) is 18.2 Å². The van der Waals surface area contributed by atoms with Gasteiger partial charge in [-0.25, -0.2) is 9.97 Å². The Hall–Kier alpha value is -2.37. The fourth-order valence-electron chi connectivity index (χ4n) is 2.75. The van der Waals surface area contributed by atoms with Gasteiger partial charge < -0.3 is 4.42 Å². The maximum absolute atomic E-state index is 12.8. The summed E-state index contributed by atoms with van der Waals surface area (Å²) in [7, 11) is 0. The first kappa shape index (κ1) is 16.1. The van der Waals surface area contributed by atoms with Gasteiger partial charge in [0.15, 0.2) is 0 Å². The molecule has 126 valence electrons. The number of hydrogen-bond acceptors (Lipinski definition) is 4. The van der Waals surface area contributed by atoms with Crippen molar-refractivity contribution in [3.63, 3.8) is 0 Å². The molecule has 0 N–H and O–H groups in total. The molecule has 3 heterocycles. The lowest BCUT2D eigenvalue weighted by Gasteiger charge is -2.08. The molecule has 0 bridgehead atoms. The smallest absolute Gasteiger partial charge is 0.297 e. The minimum atomic E-state index is -0.297. The van der Waals surface area contributed by atoms with Crippen LogP contribution in [0, 0.1) is 13.8 Å². The average molecular weight is 374 g/mol. The number of furan rings is 1. The maximum atomic E-state index is 12.8. The van der Waals surface area contributed by atoms with Gasteiger partial charge in [0.05, 0.1) is 18.3 Å². The first-order valence-electron chi connectivity index (χ1n) is 7.64. The van der Waals surface area contributed by atoms with Crippen molar-refractivity contribution in [3.8, 4) is 0 Å². The van der Waals surface area contributed by atoms with Crippen molar-refractivity contribution in [2.24, 2.45) is 0 Å². The van der Waals surface area contributed by atoms with E-state index in [9.17, 15) is 4.79 Å². The van der Waals surface area contributed by atoms with Gasteiger partial charge in [-0.15, -0.1) is 0 Å². The number of pyridine rings is 1. The highest BCUT2D eigenvalue weighted by atomic mass is 35.5. The van der Waals surface area contributed by atoms with Crippen LogP contribution in [0.5, 0.6) is 0 Å². The minimum absolute atomic E-state index is 0.179. The number of aryl methyl sites for hydroxylation is 2. The van der Waals surface area contributed by atoms with Crippen LogP contribution in [0.15, 0.2) is 39.8 Å². The largest absolute Gasteiger partial charge is 0.430 e. The number of fused-ring (bicyclic) bond motifs is 3. The van der Waals surface area contributed by atoms with Crippen LogP contribution in [0.4, 0.5) is 0 Å². The van der Waals surface area contributed by atoms with Crippen molar-refractivity contribution in [2.45, 2.75) is 20.4 Å². The summed E-state index contributed by atoms with van der Waals surface area (Å²) in [6.07, 6.45) is 1.48. The van der Waals surface area contributed by atoms with Crippen LogP contribution in [0.2, 0.25) is 10.0 Å². The van der Waals surface area contributed by atoms with E-state index in [2.05, 4.69) is 9.97 Å². The standard InChI is InChI=1S/C18H13Cl2N3O2/c1-9-6-11-15-16(25-17(11)22-10(9)2)18(24)23(8-21-15)7-12-13(19)4-3-5-14(12)20/h3-6,8H,7H2,1-2H3. The van der Waals surface area contributed by atoms with Gasteiger partial charge in [-0.2, -0.15) is 0 Å². The normalized spacial score (nSPS) is 11.5. The van der Waals surface area contributed by atoms with E-state index in [0.29, 0.717) is 26.8 Å². The van der Waals surface area contributed by atoms with Gasteiger partial charge in [0.2, 0.25) is 11.3 Å². The lowest BCUT2D eigenvalue weighted by atomic mass is 10.2. The van der Waals surface area contributed by atoms with Crippen molar-refractivity contribution < 1.29 is 4.42 Å². The topological polar surface area (TPSA) is 60.9 Å². The molecule has 7 heteroatoms. The first-order valence-corrected chi connectivity index (χ1v) is 8.40. The van der Waals surface area contributed by atoms with E-state index in [0.717, 1.165) is 16.6 Å². The van der Waals surface area contributed by atoms with Crippen LogP contribution in [0.25, 0.3) is 22.2 Å². The van der Waals surface area contributed by atoms with Crippen LogP contribution in [0.3, 0.4) is 0 Å². The average Bonchev–Trinajstić information content (AvgIpc) is 2.92. The zero-order valence-corrected chi connectivity index (χ0v) is 15.0. The Balaban J connectivity index is 1.91. The number of nitrogens with zero attached hydrogens (tertiary/aromatic N) is 3. The molecule has 4 aromatic rings. The Kier molecular flexibility index (Phi) is 3.78. The monoisotopic (exact) mass is 373 g/mol. The maximum Gasteiger partial charge on any atom is 0.297 e. The van der Waals surface area contributed by atoms with Crippen molar-refractivity contribution in [1.29, 1.82) is 0 Å². The zero-order valence-electron chi connectivity index (χ0n) is 13.5. The molecule has 0 amide bonds. The lowest BCUT2D eigenvalue weighted by Crippen LogP contribution is -2.20. The molecule has 0 radical (unpaired) electrons. The Morgan fingerprint density at radius 2 is 1.92 bits per heavy atom. The minimum Gasteiger partial charge on any atom is -0.430 e. The molecule has 0 aliphatic heterocycles. The highest BCUT2D eigenvalue weighted by molar-refractivity contribution is 6.35. The van der Waals surface area contributed by atoms with E-state index in [1.165, 1.54) is 10.9 Å². The molecule has 3 aromatic heterocycles. The SMILES string of the molecule is Cc1cc2c(nc1C)oc1c(=O)n(Cc3c(Cl)cccc3Cl)cnc12. The van der Waals surface area contributed by atoms with E-state index < -0.39 is 0 Å². The summed E-state index contributed by atoms with van der Waals surface area (Å²) in [5.41, 5.74) is 3.34. The van der Waals surface area contributed by atoms with Gasteiger partial charge in [-0.3, -0.25) is 9.36 Å². The van der Waals surface area contributed by atoms with Crippen LogP contribution in [0.1, 0.15) is 16.8 Å². The molecule has 0 atom stereocenters. The summed E-state index contributed by atoms with van der Waals surface area (Å²) in [4.78, 5) is 21.6. The molecular weight excluding hydrogens is 361 g/mol. The summed E-state index contributed by atoms with van der Waals surface area (Å²) in [6.45, 7) is 4.07. The highest BCUT2D eigenvalue weighted by Crippen LogP contribution is 2.27. The Morgan fingerprint density at radius 3 is 2.64 bits per heavy atom. The molecule has 4 rings (SSSR count). The fraction of sp³-hybridized carbons (Fsp3) is 0.167. The molecule has 5 nitrogen and oxygen atoms in total. The fourth-order valence-corrected chi connectivity index (χ4v) is 3.26. The van der Waals surface area contributed by atoms with Crippen molar-refractivity contribution >= 4 is 45.4 Å². The van der Waals surface area contributed by atoms with Crippen LogP contribution < -0.4 is 5.56 Å². The summed E-state index contributed by atoms with van der Waals surface area (Å²) in [6, 6.07) is 7.16. The molecule has 0 aliphatic rings. The first-order chi connectivity index (χ1) is 12.0. The van der Waals surface area contributed by atoms with Gasteiger partial charge >= 0.3 is 0 Å². The van der Waals surface area contributed by atoms with Crippen molar-refractivity contribution in [2.75, 3.05) is 0 Å². The van der Waals surface area contributed by atoms with E-state index in [-0.39, 0.29) is 17.7 Å². The Morgan fingerprint density at radius 1 is 1.20 bits per heavy atom. The third-order valence-corrected chi connectivity index (χ3v) is 4.98. The predicted molar refractivity (Wildman–Crippen MR) is 98.6 cm³/mol. The second-order valence-corrected chi connectivity index (χ2v) is 6.72. The molecule has 0 spiro atoms. The van der Waals surface area contributed by atoms with Gasteiger partial charge in [0.1, 0.15) is 5.52 Å². The number of rotatable bonds is 2. The molecule has 0 aliphatic carbocycles. The van der Waals surface area contributed by atoms with Crippen molar-refractivity contribution in [3.05, 3.63) is 67.8 Å². The van der Waals surface area contributed by atoms with Gasteiger partial charge in [-0.1, -0.05) is 29.3 Å². The van der Waals surface area contributed by atoms with E-state index >= 15 is 0 Å². The number of benzene rings is 1. The summed E-state index contributed by atoms with van der Waals surface area (Å²) >= 11 is 12.4. The predicted octanol–water partition coefficient (Wildman–Crippen LogP) is 4.51. The van der Waals surface area contributed by atoms with Crippen LogP contribution in [-0.4, -0.2) is 14.5 Å². The van der Waals surface area contributed by atoms with E-state index in [4.69, 9.17) is 27.6 Å². The number of aromatic nitrogens is 3. The second-order valence-electron chi connectivity index (χ2n) is 5.90. The molecule has 1 aromatic carbocycles. The molecule has 0 fully saturated rings. The van der Waals surface area contributed by atoms with Gasteiger partial charge in [0.25, 0.3) is 5.56 Å². The van der Waals surface area contributed by atoms with Gasteiger partial charge in [-0.05, 0) is 37.6 Å². The zero-order chi connectivity index (χ0) is 17.7. The quantitative estimate of drug-likeness (QED) is 0.518.